The van der Waals surface area contributed by atoms with Crippen molar-refractivity contribution in [3.63, 3.8) is 0 Å². The van der Waals surface area contributed by atoms with E-state index in [9.17, 15) is 18.0 Å². The Morgan fingerprint density at radius 2 is 1.73 bits per heavy atom. The third-order valence-corrected chi connectivity index (χ3v) is 11.5. The van der Waals surface area contributed by atoms with Gasteiger partial charge < -0.3 is 20.4 Å². The summed E-state index contributed by atoms with van der Waals surface area (Å²) in [6.07, 6.45) is 4.62. The van der Waals surface area contributed by atoms with Crippen LogP contribution in [0.15, 0.2) is 47.4 Å². The smallest absolute Gasteiger partial charge is 0.245 e. The molecule has 0 spiro atoms. The molecule has 2 fully saturated rings. The predicted octanol–water partition coefficient (Wildman–Crippen LogP) is 3.82. The topological polar surface area (TPSA) is 102 Å². The van der Waals surface area contributed by atoms with E-state index in [0.717, 1.165) is 61.7 Å². The standard InChI is InChI=1S/C32H45Cl2N5O4S/c1-24-28(33)10-11-29(32(24)34)44(42,43)39(18-14-25-7-4-3-5-8-25)23-30(40)36-19-31(41)38(21-26-12-15-35-16-13-26)22-27-9-6-17-37(2)20-27/h3-5,7-8,10-11,26-27,35H,6,9,12-23H2,1-2H3,(H,36,40). The van der Waals surface area contributed by atoms with Gasteiger partial charge in [0.05, 0.1) is 18.1 Å². The molecule has 2 aliphatic heterocycles. The number of carbonyl (C=O) groups excluding carboxylic acids is 2. The van der Waals surface area contributed by atoms with Crippen LogP contribution in [0.3, 0.4) is 0 Å². The van der Waals surface area contributed by atoms with E-state index in [1.165, 1.54) is 12.1 Å². The summed E-state index contributed by atoms with van der Waals surface area (Å²) < 4.78 is 28.8. The highest BCUT2D eigenvalue weighted by Gasteiger charge is 2.31. The molecule has 44 heavy (non-hydrogen) atoms. The third-order valence-electron chi connectivity index (χ3n) is 8.64. The molecule has 1 unspecified atom stereocenters. The normalized spacial score (nSPS) is 18.3. The summed E-state index contributed by atoms with van der Waals surface area (Å²) in [4.78, 5) is 30.9. The molecule has 0 saturated carbocycles. The number of rotatable bonds is 13. The second-order valence-electron chi connectivity index (χ2n) is 12.1. The van der Waals surface area contributed by atoms with Crippen molar-refractivity contribution in [1.29, 1.82) is 0 Å². The van der Waals surface area contributed by atoms with Crippen LogP contribution >= 0.6 is 23.2 Å². The molecule has 0 bridgehead atoms. The van der Waals surface area contributed by atoms with Crippen molar-refractivity contribution in [2.45, 2.75) is 43.9 Å². The number of amides is 2. The van der Waals surface area contributed by atoms with Gasteiger partial charge in [-0.05, 0) is 101 Å². The number of nitrogens with one attached hydrogen (secondary N) is 2. The van der Waals surface area contributed by atoms with Crippen LogP contribution in [-0.2, 0) is 26.0 Å². The molecular weight excluding hydrogens is 621 g/mol. The van der Waals surface area contributed by atoms with Gasteiger partial charge in [-0.15, -0.1) is 0 Å². The molecule has 242 valence electrons. The van der Waals surface area contributed by atoms with Gasteiger partial charge in [-0.2, -0.15) is 4.31 Å². The molecule has 2 aromatic rings. The largest absolute Gasteiger partial charge is 0.346 e. The minimum Gasteiger partial charge on any atom is -0.346 e. The first-order valence-electron chi connectivity index (χ1n) is 15.5. The van der Waals surface area contributed by atoms with Crippen LogP contribution in [0.1, 0.15) is 36.8 Å². The first kappa shape index (κ1) is 34.7. The highest BCUT2D eigenvalue weighted by atomic mass is 35.5. The lowest BCUT2D eigenvalue weighted by molar-refractivity contribution is -0.134. The SMILES string of the molecule is Cc1c(Cl)ccc(S(=O)(=O)N(CCc2ccccc2)CC(=O)NCC(=O)N(CC2CCNCC2)CC2CCCN(C)C2)c1Cl. The molecule has 2 saturated heterocycles. The fourth-order valence-corrected chi connectivity index (χ4v) is 8.23. The van der Waals surface area contributed by atoms with Crippen LogP contribution in [0.25, 0.3) is 0 Å². The number of sulfonamides is 1. The van der Waals surface area contributed by atoms with Crippen molar-refractivity contribution in [2.75, 3.05) is 66.0 Å². The summed E-state index contributed by atoms with van der Waals surface area (Å²) >= 11 is 12.6. The van der Waals surface area contributed by atoms with Crippen molar-refractivity contribution in [3.8, 4) is 0 Å². The van der Waals surface area contributed by atoms with Gasteiger partial charge in [0.2, 0.25) is 21.8 Å². The van der Waals surface area contributed by atoms with E-state index in [1.54, 1.807) is 6.92 Å². The van der Waals surface area contributed by atoms with Crippen LogP contribution in [0.2, 0.25) is 10.0 Å². The van der Waals surface area contributed by atoms with E-state index >= 15 is 0 Å². The average molecular weight is 667 g/mol. The number of nitrogens with zero attached hydrogens (tertiary/aromatic N) is 3. The monoisotopic (exact) mass is 665 g/mol. The summed E-state index contributed by atoms with van der Waals surface area (Å²) in [6.45, 7) is 6.32. The Hall–Kier alpha value is -2.21. The highest BCUT2D eigenvalue weighted by Crippen LogP contribution is 2.32. The number of likely N-dealkylation sites (tertiary alicyclic amines) is 1. The minimum atomic E-state index is -4.16. The van der Waals surface area contributed by atoms with Crippen molar-refractivity contribution >= 4 is 45.0 Å². The maximum Gasteiger partial charge on any atom is 0.245 e. The summed E-state index contributed by atoms with van der Waals surface area (Å²) in [5.41, 5.74) is 1.38. The average Bonchev–Trinajstić information content (AvgIpc) is 3.01. The highest BCUT2D eigenvalue weighted by molar-refractivity contribution is 7.89. The van der Waals surface area contributed by atoms with Crippen LogP contribution in [0, 0.1) is 18.8 Å². The maximum absolute atomic E-state index is 13.8. The van der Waals surface area contributed by atoms with E-state index < -0.39 is 22.5 Å². The second kappa shape index (κ2) is 16.4. The number of halogens is 2. The fraction of sp³-hybridized carbons (Fsp3) is 0.562. The first-order chi connectivity index (χ1) is 21.0. The van der Waals surface area contributed by atoms with Crippen molar-refractivity contribution < 1.29 is 18.0 Å². The minimum absolute atomic E-state index is 0.0275. The molecule has 2 aliphatic rings. The van der Waals surface area contributed by atoms with Gasteiger partial charge in [0.15, 0.2) is 0 Å². The molecule has 2 N–H and O–H groups in total. The summed E-state index contributed by atoms with van der Waals surface area (Å²) in [5, 5.41) is 6.49. The zero-order valence-corrected chi connectivity index (χ0v) is 28.1. The first-order valence-corrected chi connectivity index (χ1v) is 17.7. The molecule has 9 nitrogen and oxygen atoms in total. The Balaban J connectivity index is 1.45. The number of hydrogen-bond donors (Lipinski definition) is 2. The lowest BCUT2D eigenvalue weighted by Crippen LogP contribution is -2.49. The number of carbonyl (C=O) groups is 2. The van der Waals surface area contributed by atoms with E-state index in [2.05, 4.69) is 22.6 Å². The molecule has 2 heterocycles. The third kappa shape index (κ3) is 9.64. The second-order valence-corrected chi connectivity index (χ2v) is 14.8. The van der Waals surface area contributed by atoms with Crippen LogP contribution in [0.4, 0.5) is 0 Å². The van der Waals surface area contributed by atoms with Gasteiger partial charge in [-0.1, -0.05) is 53.5 Å². The molecule has 2 aromatic carbocycles. The quantitative estimate of drug-likeness (QED) is 0.337. The van der Waals surface area contributed by atoms with Crippen LogP contribution in [0.5, 0.6) is 0 Å². The predicted molar refractivity (Wildman–Crippen MR) is 176 cm³/mol. The summed E-state index contributed by atoms with van der Waals surface area (Å²) in [5.74, 6) is 0.126. The maximum atomic E-state index is 13.8. The van der Waals surface area contributed by atoms with Gasteiger partial charge in [-0.3, -0.25) is 9.59 Å². The zero-order chi connectivity index (χ0) is 31.7. The molecular formula is C32H45Cl2N5O4S. The van der Waals surface area contributed by atoms with Crippen molar-refractivity contribution in [1.82, 2.24) is 24.7 Å². The lowest BCUT2D eigenvalue weighted by atomic mass is 9.94. The summed E-state index contributed by atoms with van der Waals surface area (Å²) in [7, 11) is -2.05. The van der Waals surface area contributed by atoms with Crippen LogP contribution < -0.4 is 10.6 Å². The van der Waals surface area contributed by atoms with Gasteiger partial charge >= 0.3 is 0 Å². The van der Waals surface area contributed by atoms with E-state index in [0.29, 0.717) is 41.9 Å². The van der Waals surface area contributed by atoms with Crippen molar-refractivity contribution in [2.24, 2.45) is 11.8 Å². The summed E-state index contributed by atoms with van der Waals surface area (Å²) in [6, 6.07) is 12.3. The number of benzene rings is 2. The Morgan fingerprint density at radius 1 is 1.02 bits per heavy atom. The zero-order valence-electron chi connectivity index (χ0n) is 25.7. The molecule has 1 atom stereocenters. The van der Waals surface area contributed by atoms with E-state index in [1.807, 2.05) is 35.2 Å². The van der Waals surface area contributed by atoms with Gasteiger partial charge in [-0.25, -0.2) is 8.42 Å². The number of piperidine rings is 2. The Kier molecular flexibility index (Phi) is 12.9. The molecule has 2 amide bonds. The molecule has 0 radical (unpaired) electrons. The molecule has 12 heteroatoms. The molecule has 4 rings (SSSR count). The van der Waals surface area contributed by atoms with Crippen molar-refractivity contribution in [3.05, 3.63) is 63.6 Å². The van der Waals surface area contributed by atoms with E-state index in [4.69, 9.17) is 23.2 Å². The number of hydrogen-bond acceptors (Lipinski definition) is 6. The van der Waals surface area contributed by atoms with Gasteiger partial charge in [0, 0.05) is 31.2 Å². The Morgan fingerprint density at radius 3 is 2.43 bits per heavy atom. The molecule has 0 aromatic heterocycles. The molecule has 0 aliphatic carbocycles. The Labute approximate surface area is 272 Å². The van der Waals surface area contributed by atoms with Crippen LogP contribution in [-0.4, -0.2) is 100 Å². The Bertz CT molecular complexity index is 1370. The van der Waals surface area contributed by atoms with Gasteiger partial charge in [0.1, 0.15) is 4.90 Å². The van der Waals surface area contributed by atoms with E-state index in [-0.39, 0.29) is 28.9 Å². The fourth-order valence-electron chi connectivity index (χ4n) is 6.05. The van der Waals surface area contributed by atoms with Gasteiger partial charge in [0.25, 0.3) is 0 Å². The lowest BCUT2D eigenvalue weighted by Gasteiger charge is -2.36.